The SMILES string of the molecule is C=CCn1c(=O)[nH]c(=O)n(CC=C)c1=O.CN(C)c1nc(=S)nc(N(C)C)[nH]1.CSc1ccc(S)cc1.Cc1n[nH]c(=S)s1.S=c1[nH]nc(CS)s1.S=c1[nH]ncs1.Sc1ccc2ccccc2c1.Sc1ccccc1. The van der Waals surface area contributed by atoms with Gasteiger partial charge in [-0.25, -0.2) is 23.5 Å². The molecule has 0 atom stereocenters. The first-order chi connectivity index (χ1) is 36.2. The Bertz CT molecular complexity index is 3450. The Hall–Kier alpha value is -5.05. The number of thiol groups is 4. The maximum absolute atomic E-state index is 11.6. The molecule has 0 aliphatic carbocycles. The number of thioether (sulfide) groups is 1. The fourth-order valence-corrected chi connectivity index (χ4v) is 8.43. The van der Waals surface area contributed by atoms with Gasteiger partial charge in [0.2, 0.25) is 16.7 Å². The standard InChI is InChI=1S/C10H8S.C9H11N3O3.C7H13N5S.C7H8S2.C6H6S.C3H4N2S3.C3H4N2S2.C2H2N2S2/c11-10-6-5-8-3-1-2-4-9(8)7-10;1-3-5-11-7(13)10-8(14)12(6-4-2)9(11)15;1-11(2)5-8-6(12(3)4)10-7(13)9-5;1-9-7-4-2-6(8)3-5-7;7-6-4-2-1-3-5-6;6-1-2-4-5-3(7)8-2;1-2-4-5-3(6)7-2;5-2-4-3-1-6-2/h1-7,11H;3-4H,1-2,5-6H2,(H,10,13,14);1-4H3,(H,8,9,10,13);2-5,8H,1H3;1-5,7H;6H,1H2,(H,5,7);1H3,(H,5,6);1H,(H,4,5). The molecule has 0 fully saturated rings. The fraction of sp³-hybridized carbons (Fsp3) is 0.191. The smallest absolute Gasteiger partial charge is 0.336 e. The molecule has 0 bridgehead atoms. The third-order valence-electron chi connectivity index (χ3n) is 8.36. The number of aromatic amines is 5. The quantitative estimate of drug-likeness (QED) is 0.0300. The van der Waals surface area contributed by atoms with E-state index in [0.717, 1.165) is 41.7 Å². The van der Waals surface area contributed by atoms with E-state index in [9.17, 15) is 14.4 Å². The number of fused-ring (bicyclic) bond motifs is 1. The van der Waals surface area contributed by atoms with E-state index in [-0.39, 0.29) is 13.1 Å². The number of benzene rings is 4. The summed E-state index contributed by atoms with van der Waals surface area (Å²) < 4.78 is 4.32. The van der Waals surface area contributed by atoms with Gasteiger partial charge in [0.05, 0.1) is 13.1 Å². The van der Waals surface area contributed by atoms with Crippen molar-refractivity contribution >= 4 is 168 Å². The number of aromatic nitrogens is 12. The summed E-state index contributed by atoms with van der Waals surface area (Å²) in [7, 11) is 7.58. The second-order valence-corrected chi connectivity index (χ2v) is 22.7. The number of nitrogens with zero attached hydrogens (tertiary/aromatic N) is 9. The fourth-order valence-electron chi connectivity index (χ4n) is 4.91. The Morgan fingerprint density at radius 2 is 1.17 bits per heavy atom. The molecule has 0 amide bonds. The number of hydrogen-bond acceptors (Lipinski definition) is 22. The average Bonchev–Trinajstić information content (AvgIpc) is 4.17. The zero-order valence-corrected chi connectivity index (χ0v) is 51.9. The second kappa shape index (κ2) is 37.7. The van der Waals surface area contributed by atoms with Gasteiger partial charge < -0.3 is 9.80 Å². The van der Waals surface area contributed by atoms with E-state index in [1.54, 1.807) is 17.3 Å². The van der Waals surface area contributed by atoms with E-state index in [1.165, 1.54) is 61.8 Å². The van der Waals surface area contributed by atoms with Crippen molar-refractivity contribution in [2.75, 3.05) is 44.2 Å². The van der Waals surface area contributed by atoms with Crippen LogP contribution < -0.4 is 26.9 Å². The summed E-state index contributed by atoms with van der Waals surface area (Å²) in [5.41, 5.74) is -0.457. The highest BCUT2D eigenvalue weighted by Gasteiger charge is 2.07. The van der Waals surface area contributed by atoms with Crippen molar-refractivity contribution in [1.29, 1.82) is 0 Å². The van der Waals surface area contributed by atoms with Crippen molar-refractivity contribution in [2.24, 2.45) is 0 Å². The molecule has 5 aromatic heterocycles. The number of anilines is 2. The minimum atomic E-state index is -0.731. The number of nitrogens with one attached hydrogen (secondary N) is 5. The van der Waals surface area contributed by atoms with Crippen LogP contribution in [0.5, 0.6) is 0 Å². The highest BCUT2D eigenvalue weighted by Crippen LogP contribution is 2.18. The lowest BCUT2D eigenvalue weighted by Gasteiger charge is -2.15. The Labute approximate surface area is 498 Å². The van der Waals surface area contributed by atoms with Gasteiger partial charge in [-0.15, -0.1) is 62.8 Å². The number of allylic oxidation sites excluding steroid dienone is 2. The molecule has 76 heavy (non-hydrogen) atoms. The number of hydrogen-bond donors (Lipinski definition) is 9. The van der Waals surface area contributed by atoms with Crippen molar-refractivity contribution in [3.05, 3.63) is 186 Å². The molecule has 0 saturated carbocycles. The number of H-pyrrole nitrogens is 5. The van der Waals surface area contributed by atoms with Crippen molar-refractivity contribution in [2.45, 2.75) is 45.3 Å². The molecular weight excluding hydrogens is 1190 g/mol. The third-order valence-corrected chi connectivity index (χ3v) is 13.7. The minimum absolute atomic E-state index is 0.0611. The zero-order valence-electron chi connectivity index (χ0n) is 41.8. The molecule has 0 aliphatic rings. The largest absolute Gasteiger partial charge is 0.348 e. The van der Waals surface area contributed by atoms with Crippen LogP contribution in [0, 0.1) is 23.6 Å². The van der Waals surface area contributed by atoms with Crippen LogP contribution in [0.2, 0.25) is 0 Å². The van der Waals surface area contributed by atoms with Gasteiger partial charge in [-0.05, 0) is 121 Å². The normalized spacial score (nSPS) is 9.61. The van der Waals surface area contributed by atoms with Crippen LogP contribution in [0.4, 0.5) is 11.9 Å². The zero-order chi connectivity index (χ0) is 56.6. The summed E-state index contributed by atoms with van der Waals surface area (Å²) in [6.07, 6.45) is 4.87. The molecule has 0 saturated heterocycles. The van der Waals surface area contributed by atoms with Gasteiger partial charge in [-0.1, -0.05) is 94.7 Å². The molecule has 0 spiro atoms. The molecule has 404 valence electrons. The van der Waals surface area contributed by atoms with Crippen LogP contribution in [0.3, 0.4) is 0 Å². The summed E-state index contributed by atoms with van der Waals surface area (Å²) in [5, 5.41) is 23.6. The van der Waals surface area contributed by atoms with E-state index < -0.39 is 17.1 Å². The number of aryl methyl sites for hydroxylation is 1. The van der Waals surface area contributed by atoms with Gasteiger partial charge in [0.15, 0.2) is 11.9 Å². The highest BCUT2D eigenvalue weighted by atomic mass is 32.2. The molecule has 17 nitrogen and oxygen atoms in total. The van der Waals surface area contributed by atoms with E-state index >= 15 is 0 Å². The summed E-state index contributed by atoms with van der Waals surface area (Å²) in [4.78, 5) is 55.3. The monoisotopic (exact) mass is 1250 g/mol. The van der Waals surface area contributed by atoms with Gasteiger partial charge >= 0.3 is 17.1 Å². The molecule has 0 radical (unpaired) electrons. The topological polar surface area (TPSA) is 211 Å². The first kappa shape index (κ1) is 67.1. The average molecular weight is 1250 g/mol. The summed E-state index contributed by atoms with van der Waals surface area (Å²) >= 11 is 41.7. The molecular formula is C47H56N14O3S12. The maximum atomic E-state index is 11.6. The van der Waals surface area contributed by atoms with Crippen LogP contribution in [-0.2, 0) is 18.8 Å². The number of rotatable bonds is 8. The molecule has 0 unspecified atom stereocenters. The van der Waals surface area contributed by atoms with E-state index in [1.807, 2.05) is 111 Å². The predicted octanol–water partition coefficient (Wildman–Crippen LogP) is 11.9. The lowest BCUT2D eigenvalue weighted by Crippen LogP contribution is -2.49. The molecule has 9 rings (SSSR count). The Morgan fingerprint density at radius 3 is 1.54 bits per heavy atom. The lowest BCUT2D eigenvalue weighted by molar-refractivity contribution is 0.570. The molecule has 9 aromatic rings. The molecule has 5 N–H and O–H groups in total. The predicted molar refractivity (Wildman–Crippen MR) is 342 cm³/mol. The first-order valence-electron chi connectivity index (χ1n) is 21.6. The van der Waals surface area contributed by atoms with Crippen molar-refractivity contribution in [3.8, 4) is 0 Å². The molecule has 5 heterocycles. The second-order valence-electron chi connectivity index (χ2n) is 14.5. The Balaban J connectivity index is 0.000000302. The van der Waals surface area contributed by atoms with Crippen molar-refractivity contribution < 1.29 is 0 Å². The van der Waals surface area contributed by atoms with E-state index in [0.29, 0.717) is 26.4 Å². The van der Waals surface area contributed by atoms with Crippen LogP contribution in [0.1, 0.15) is 10.0 Å². The minimum Gasteiger partial charge on any atom is -0.348 e. The van der Waals surface area contributed by atoms with Crippen LogP contribution >= 0.6 is 145 Å². The molecule has 0 aliphatic heterocycles. The van der Waals surface area contributed by atoms with Crippen LogP contribution in [0.15, 0.2) is 162 Å². The van der Waals surface area contributed by atoms with E-state index in [2.05, 4.69) is 164 Å². The van der Waals surface area contributed by atoms with Gasteiger partial charge in [-0.3, -0.25) is 25.3 Å². The maximum Gasteiger partial charge on any atom is 0.336 e. The van der Waals surface area contributed by atoms with Gasteiger partial charge in [0.25, 0.3) is 0 Å². The third kappa shape index (κ3) is 27.3. The summed E-state index contributed by atoms with van der Waals surface area (Å²) in [6.45, 7) is 8.87. The molecule has 4 aromatic carbocycles. The highest BCUT2D eigenvalue weighted by molar-refractivity contribution is 7.98. The molecule has 29 heteroatoms. The van der Waals surface area contributed by atoms with E-state index in [4.69, 9.17) is 36.7 Å². The van der Waals surface area contributed by atoms with Gasteiger partial charge in [-0.2, -0.15) is 37.9 Å². The Kier molecular flexibility index (Phi) is 33.2. The van der Waals surface area contributed by atoms with Crippen molar-refractivity contribution in [3.63, 3.8) is 0 Å². The summed E-state index contributed by atoms with van der Waals surface area (Å²) in [6, 6.07) is 32.3. The summed E-state index contributed by atoms with van der Waals surface area (Å²) in [5.74, 6) is 2.09. The van der Waals surface area contributed by atoms with Crippen molar-refractivity contribution in [1.82, 2.24) is 59.7 Å². The Morgan fingerprint density at radius 1 is 0.658 bits per heavy atom. The van der Waals surface area contributed by atoms with Crippen LogP contribution in [-0.4, -0.2) is 94.1 Å². The van der Waals surface area contributed by atoms with Crippen LogP contribution in [0.25, 0.3) is 10.8 Å². The van der Waals surface area contributed by atoms with Gasteiger partial charge in [0.1, 0.15) is 15.5 Å². The lowest BCUT2D eigenvalue weighted by atomic mass is 10.1. The first-order valence-corrected chi connectivity index (χ1v) is 28.9. The van der Waals surface area contributed by atoms with Gasteiger partial charge in [0, 0.05) is 53.5 Å².